The van der Waals surface area contributed by atoms with Gasteiger partial charge in [0.05, 0.1) is 16.9 Å². The van der Waals surface area contributed by atoms with Gasteiger partial charge in [-0.05, 0) is 50.5 Å². The lowest BCUT2D eigenvalue weighted by molar-refractivity contribution is 0.0741. The lowest BCUT2D eigenvalue weighted by Gasteiger charge is -2.23. The minimum absolute atomic E-state index is 0.0218. The fourth-order valence-electron chi connectivity index (χ4n) is 4.30. The molecule has 3 aromatic rings. The van der Waals surface area contributed by atoms with Crippen LogP contribution in [0.15, 0.2) is 36.5 Å². The summed E-state index contributed by atoms with van der Waals surface area (Å²) in [6.45, 7) is 3.43. The summed E-state index contributed by atoms with van der Waals surface area (Å²) in [6.07, 6.45) is 5.14. The molecule has 2 saturated heterocycles. The molecule has 2 unspecified atom stereocenters. The normalized spacial score (nSPS) is 22.2. The molecule has 0 spiro atoms. The number of hydrogen-bond acceptors (Lipinski definition) is 5. The van der Waals surface area contributed by atoms with Crippen LogP contribution in [-0.4, -0.2) is 56.0 Å². The average Bonchev–Trinajstić information content (AvgIpc) is 3.22. The van der Waals surface area contributed by atoms with E-state index in [0.29, 0.717) is 17.8 Å². The third kappa shape index (κ3) is 2.78. The molecule has 1 N–H and O–H groups in total. The van der Waals surface area contributed by atoms with E-state index in [0.717, 1.165) is 48.2 Å². The van der Waals surface area contributed by atoms with Crippen LogP contribution in [0.25, 0.3) is 16.6 Å². The highest BCUT2D eigenvalue weighted by Gasteiger charge is 2.33. The molecule has 1 aromatic carbocycles. The molecule has 27 heavy (non-hydrogen) atoms. The van der Waals surface area contributed by atoms with Crippen molar-refractivity contribution in [1.29, 1.82) is 0 Å². The first-order chi connectivity index (χ1) is 13.2. The maximum Gasteiger partial charge on any atom is 0.276 e. The van der Waals surface area contributed by atoms with Crippen LogP contribution in [0, 0.1) is 6.92 Å². The van der Waals surface area contributed by atoms with Crippen molar-refractivity contribution in [2.45, 2.75) is 38.3 Å². The van der Waals surface area contributed by atoms with E-state index < -0.39 is 0 Å². The number of aromatic nitrogens is 4. The number of rotatable bonds is 2. The molecule has 0 aliphatic carbocycles. The van der Waals surface area contributed by atoms with Crippen LogP contribution in [0.3, 0.4) is 0 Å². The first-order valence-corrected chi connectivity index (χ1v) is 9.52. The zero-order chi connectivity index (χ0) is 18.4. The van der Waals surface area contributed by atoms with Crippen LogP contribution in [-0.2, 0) is 0 Å². The Labute approximate surface area is 157 Å². The Morgan fingerprint density at radius 2 is 2.04 bits per heavy atom. The quantitative estimate of drug-likeness (QED) is 0.755. The molecule has 2 atom stereocenters. The summed E-state index contributed by atoms with van der Waals surface area (Å²) in [6, 6.07) is 10.8. The summed E-state index contributed by atoms with van der Waals surface area (Å²) in [5, 5.41) is 13.1. The molecule has 0 radical (unpaired) electrons. The van der Waals surface area contributed by atoms with Crippen LogP contribution in [0.1, 0.15) is 35.4 Å². The number of amides is 1. The maximum atomic E-state index is 13.1. The molecule has 2 aromatic heterocycles. The van der Waals surface area contributed by atoms with Crippen molar-refractivity contribution in [3.8, 4) is 5.69 Å². The molecular weight excluding hydrogens is 340 g/mol. The summed E-state index contributed by atoms with van der Waals surface area (Å²) < 4.78 is 1.75. The highest BCUT2D eigenvalue weighted by atomic mass is 16.2. The van der Waals surface area contributed by atoms with Gasteiger partial charge < -0.3 is 10.2 Å². The minimum atomic E-state index is -0.0218. The number of hydrogen-bond donors (Lipinski definition) is 1. The van der Waals surface area contributed by atoms with Crippen molar-refractivity contribution < 1.29 is 4.79 Å². The molecule has 2 aliphatic rings. The number of benzene rings is 1. The predicted molar refractivity (Wildman–Crippen MR) is 102 cm³/mol. The van der Waals surface area contributed by atoms with Gasteiger partial charge in [-0.3, -0.25) is 9.78 Å². The minimum Gasteiger partial charge on any atom is -0.336 e. The van der Waals surface area contributed by atoms with E-state index in [1.165, 1.54) is 6.42 Å². The van der Waals surface area contributed by atoms with Crippen LogP contribution in [0.5, 0.6) is 0 Å². The van der Waals surface area contributed by atoms with Gasteiger partial charge in [-0.2, -0.15) is 0 Å². The second-order valence-corrected chi connectivity index (χ2v) is 7.46. The summed E-state index contributed by atoms with van der Waals surface area (Å²) in [5.41, 5.74) is 2.99. The zero-order valence-corrected chi connectivity index (χ0v) is 15.3. The Bertz CT molecular complexity index is 1010. The number of nitrogens with one attached hydrogen (secondary N) is 1. The Kier molecular flexibility index (Phi) is 3.89. The van der Waals surface area contributed by atoms with Crippen molar-refractivity contribution in [2.75, 3.05) is 13.1 Å². The second kappa shape index (κ2) is 6.42. The van der Waals surface area contributed by atoms with Gasteiger partial charge in [-0.25, -0.2) is 4.68 Å². The SMILES string of the molecule is Cc1c(C(=O)N2CCC3CCC(C2)N3)nnn1-c1cccc2ncccc12. The Morgan fingerprint density at radius 3 is 2.96 bits per heavy atom. The van der Waals surface area contributed by atoms with Crippen LogP contribution < -0.4 is 5.32 Å². The monoisotopic (exact) mass is 362 g/mol. The summed E-state index contributed by atoms with van der Waals surface area (Å²) in [4.78, 5) is 19.5. The van der Waals surface area contributed by atoms with E-state index >= 15 is 0 Å². The highest BCUT2D eigenvalue weighted by Crippen LogP contribution is 2.24. The van der Waals surface area contributed by atoms with Gasteiger partial charge in [-0.15, -0.1) is 5.10 Å². The van der Waals surface area contributed by atoms with Crippen molar-refractivity contribution >= 4 is 16.8 Å². The van der Waals surface area contributed by atoms with E-state index in [4.69, 9.17) is 0 Å². The van der Waals surface area contributed by atoms with E-state index in [9.17, 15) is 4.79 Å². The first kappa shape index (κ1) is 16.4. The van der Waals surface area contributed by atoms with Gasteiger partial charge in [0, 0.05) is 36.8 Å². The predicted octanol–water partition coefficient (Wildman–Crippen LogP) is 2.09. The van der Waals surface area contributed by atoms with Crippen molar-refractivity contribution in [1.82, 2.24) is 30.2 Å². The number of fused-ring (bicyclic) bond motifs is 3. The maximum absolute atomic E-state index is 13.1. The molecule has 7 heteroatoms. The highest BCUT2D eigenvalue weighted by molar-refractivity contribution is 5.94. The molecule has 5 rings (SSSR count). The van der Waals surface area contributed by atoms with Gasteiger partial charge >= 0.3 is 0 Å². The Morgan fingerprint density at radius 1 is 1.15 bits per heavy atom. The third-order valence-electron chi connectivity index (χ3n) is 5.76. The third-order valence-corrected chi connectivity index (χ3v) is 5.76. The van der Waals surface area contributed by atoms with E-state index in [1.807, 2.05) is 42.2 Å². The number of pyridine rings is 1. The Hall–Kier alpha value is -2.80. The van der Waals surface area contributed by atoms with Gasteiger partial charge in [0.2, 0.25) is 0 Å². The topological polar surface area (TPSA) is 75.9 Å². The number of carbonyl (C=O) groups is 1. The molecule has 0 saturated carbocycles. The molecular formula is C20H22N6O. The van der Waals surface area contributed by atoms with Crippen LogP contribution in [0.2, 0.25) is 0 Å². The zero-order valence-electron chi connectivity index (χ0n) is 15.3. The van der Waals surface area contributed by atoms with Crippen molar-refractivity contribution in [2.24, 2.45) is 0 Å². The van der Waals surface area contributed by atoms with Crippen LogP contribution >= 0.6 is 0 Å². The molecule has 138 valence electrons. The summed E-state index contributed by atoms with van der Waals surface area (Å²) >= 11 is 0. The molecule has 7 nitrogen and oxygen atoms in total. The number of carbonyl (C=O) groups excluding carboxylic acids is 1. The summed E-state index contributed by atoms with van der Waals surface area (Å²) in [5.74, 6) is -0.0218. The molecule has 2 fully saturated rings. The standard InChI is InChI=1S/C20H22N6O/c1-13-19(20(27)25-11-9-14-7-8-15(12-25)22-14)23-24-26(13)18-6-2-5-17-16(18)4-3-10-21-17/h2-6,10,14-15,22H,7-9,11-12H2,1H3. The van der Waals surface area contributed by atoms with E-state index in [2.05, 4.69) is 20.6 Å². The molecule has 2 aliphatic heterocycles. The van der Waals surface area contributed by atoms with Gasteiger partial charge in [0.25, 0.3) is 5.91 Å². The van der Waals surface area contributed by atoms with E-state index in [-0.39, 0.29) is 5.91 Å². The fourth-order valence-corrected chi connectivity index (χ4v) is 4.30. The van der Waals surface area contributed by atoms with Gasteiger partial charge in [0.1, 0.15) is 0 Å². The molecule has 1 amide bonds. The number of likely N-dealkylation sites (tertiary alicyclic amines) is 1. The van der Waals surface area contributed by atoms with Gasteiger partial charge in [-0.1, -0.05) is 11.3 Å². The fraction of sp³-hybridized carbons (Fsp3) is 0.400. The largest absolute Gasteiger partial charge is 0.336 e. The van der Waals surface area contributed by atoms with Gasteiger partial charge in [0.15, 0.2) is 5.69 Å². The molecule has 4 heterocycles. The lowest BCUT2D eigenvalue weighted by atomic mass is 10.1. The van der Waals surface area contributed by atoms with Crippen molar-refractivity contribution in [3.63, 3.8) is 0 Å². The second-order valence-electron chi connectivity index (χ2n) is 7.46. The lowest BCUT2D eigenvalue weighted by Crippen LogP contribution is -2.39. The smallest absolute Gasteiger partial charge is 0.276 e. The van der Waals surface area contributed by atoms with Crippen LogP contribution in [0.4, 0.5) is 0 Å². The summed E-state index contributed by atoms with van der Waals surface area (Å²) in [7, 11) is 0. The van der Waals surface area contributed by atoms with E-state index in [1.54, 1.807) is 10.9 Å². The Balaban J connectivity index is 1.49. The average molecular weight is 362 g/mol. The van der Waals surface area contributed by atoms with Crippen molar-refractivity contribution in [3.05, 3.63) is 47.9 Å². The number of nitrogens with zero attached hydrogens (tertiary/aromatic N) is 5. The first-order valence-electron chi connectivity index (χ1n) is 9.52. The molecule has 2 bridgehead atoms.